The molecule has 0 aliphatic heterocycles. The highest BCUT2D eigenvalue weighted by molar-refractivity contribution is 7.91. The van der Waals surface area contributed by atoms with Crippen molar-refractivity contribution in [1.82, 2.24) is 5.32 Å². The maximum Gasteiger partial charge on any atom is 0.151 e. The van der Waals surface area contributed by atoms with Crippen LogP contribution in [0.25, 0.3) is 0 Å². The van der Waals surface area contributed by atoms with E-state index in [1.807, 2.05) is 6.92 Å². The third-order valence-electron chi connectivity index (χ3n) is 2.59. The molecule has 0 radical (unpaired) electrons. The second kappa shape index (κ2) is 8.07. The van der Waals surface area contributed by atoms with Gasteiger partial charge in [0.05, 0.1) is 11.5 Å². The van der Waals surface area contributed by atoms with Crippen molar-refractivity contribution in [2.24, 2.45) is 5.92 Å². The quantitative estimate of drug-likeness (QED) is 0.681. The van der Waals surface area contributed by atoms with Crippen molar-refractivity contribution in [2.75, 3.05) is 18.1 Å². The van der Waals surface area contributed by atoms with Gasteiger partial charge in [-0.3, -0.25) is 0 Å². The van der Waals surface area contributed by atoms with Gasteiger partial charge in [-0.25, -0.2) is 8.42 Å². The summed E-state index contributed by atoms with van der Waals surface area (Å²) in [5.74, 6) is 1.08. The van der Waals surface area contributed by atoms with Crippen LogP contribution in [0.15, 0.2) is 0 Å². The molecule has 0 bridgehead atoms. The van der Waals surface area contributed by atoms with Gasteiger partial charge in [0, 0.05) is 6.04 Å². The normalized spacial score (nSPS) is 14.3. The van der Waals surface area contributed by atoms with E-state index in [0.717, 1.165) is 25.8 Å². The summed E-state index contributed by atoms with van der Waals surface area (Å²) in [4.78, 5) is 0. The molecule has 4 heteroatoms. The molecule has 98 valence electrons. The Hall–Kier alpha value is -0.0900. The first-order chi connectivity index (χ1) is 7.41. The summed E-state index contributed by atoms with van der Waals surface area (Å²) < 4.78 is 23.7. The summed E-state index contributed by atoms with van der Waals surface area (Å²) in [6.07, 6.45) is 2.74. The van der Waals surface area contributed by atoms with E-state index >= 15 is 0 Å². The van der Waals surface area contributed by atoms with Gasteiger partial charge in [-0.1, -0.05) is 34.1 Å². The van der Waals surface area contributed by atoms with Gasteiger partial charge < -0.3 is 5.32 Å². The van der Waals surface area contributed by atoms with Crippen LogP contribution >= 0.6 is 0 Å². The topological polar surface area (TPSA) is 46.2 Å². The minimum Gasteiger partial charge on any atom is -0.313 e. The molecule has 0 heterocycles. The third kappa shape index (κ3) is 8.11. The molecule has 1 atom stereocenters. The standard InChI is InChI=1S/C12H27NO2S/c1-5-7-12(13-6-2)10-16(14,15)9-8-11(3)4/h11-13H,5-10H2,1-4H3. The van der Waals surface area contributed by atoms with Crippen molar-refractivity contribution in [2.45, 2.75) is 53.0 Å². The molecule has 3 nitrogen and oxygen atoms in total. The summed E-state index contributed by atoms with van der Waals surface area (Å²) in [6.45, 7) is 9.06. The molecule has 0 fully saturated rings. The van der Waals surface area contributed by atoms with Crippen LogP contribution in [0.4, 0.5) is 0 Å². The molecule has 0 aromatic rings. The van der Waals surface area contributed by atoms with E-state index in [-0.39, 0.29) is 6.04 Å². The Morgan fingerprint density at radius 1 is 1.12 bits per heavy atom. The Bertz CT molecular complexity index is 254. The Kier molecular flexibility index (Phi) is 8.02. The summed E-state index contributed by atoms with van der Waals surface area (Å²) in [5.41, 5.74) is 0. The Labute approximate surface area is 101 Å². The number of hydrogen-bond acceptors (Lipinski definition) is 3. The minimum atomic E-state index is -2.88. The van der Waals surface area contributed by atoms with Crippen molar-refractivity contribution in [1.29, 1.82) is 0 Å². The van der Waals surface area contributed by atoms with Crippen LogP contribution in [0.1, 0.15) is 47.0 Å². The van der Waals surface area contributed by atoms with Gasteiger partial charge >= 0.3 is 0 Å². The lowest BCUT2D eigenvalue weighted by atomic mass is 10.2. The number of nitrogens with one attached hydrogen (secondary N) is 1. The van der Waals surface area contributed by atoms with E-state index in [2.05, 4.69) is 26.1 Å². The Balaban J connectivity index is 4.18. The molecule has 0 aromatic carbocycles. The van der Waals surface area contributed by atoms with Crippen molar-refractivity contribution in [3.63, 3.8) is 0 Å². The van der Waals surface area contributed by atoms with Crippen molar-refractivity contribution >= 4 is 9.84 Å². The molecule has 0 amide bonds. The van der Waals surface area contributed by atoms with E-state index in [0.29, 0.717) is 17.4 Å². The van der Waals surface area contributed by atoms with Crippen LogP contribution in [0.5, 0.6) is 0 Å². The number of sulfone groups is 1. The molecule has 0 spiro atoms. The summed E-state index contributed by atoms with van der Waals surface area (Å²) in [7, 11) is -2.88. The molecule has 1 unspecified atom stereocenters. The van der Waals surface area contributed by atoms with E-state index in [4.69, 9.17) is 0 Å². The minimum absolute atomic E-state index is 0.132. The van der Waals surface area contributed by atoms with Gasteiger partial charge in [0.1, 0.15) is 0 Å². The fraction of sp³-hybridized carbons (Fsp3) is 1.00. The zero-order valence-electron chi connectivity index (χ0n) is 11.1. The van der Waals surface area contributed by atoms with Crippen LogP contribution in [0.3, 0.4) is 0 Å². The zero-order chi connectivity index (χ0) is 12.6. The lowest BCUT2D eigenvalue weighted by Gasteiger charge is -2.17. The molecule has 0 saturated carbocycles. The van der Waals surface area contributed by atoms with Gasteiger partial charge in [-0.15, -0.1) is 0 Å². The predicted molar refractivity (Wildman–Crippen MR) is 70.5 cm³/mol. The van der Waals surface area contributed by atoms with Gasteiger partial charge in [-0.2, -0.15) is 0 Å². The highest BCUT2D eigenvalue weighted by Gasteiger charge is 2.18. The second-order valence-electron chi connectivity index (χ2n) is 4.84. The number of hydrogen-bond donors (Lipinski definition) is 1. The maximum absolute atomic E-state index is 11.9. The van der Waals surface area contributed by atoms with Crippen molar-refractivity contribution in [3.8, 4) is 0 Å². The highest BCUT2D eigenvalue weighted by atomic mass is 32.2. The lowest BCUT2D eigenvalue weighted by Crippen LogP contribution is -2.36. The zero-order valence-corrected chi connectivity index (χ0v) is 11.9. The molecule has 0 saturated heterocycles. The van der Waals surface area contributed by atoms with Gasteiger partial charge in [0.25, 0.3) is 0 Å². The smallest absolute Gasteiger partial charge is 0.151 e. The lowest BCUT2D eigenvalue weighted by molar-refractivity contribution is 0.509. The molecule has 16 heavy (non-hydrogen) atoms. The molecular formula is C12H27NO2S. The fourth-order valence-corrected chi connectivity index (χ4v) is 3.58. The maximum atomic E-state index is 11.9. The van der Waals surface area contributed by atoms with Crippen LogP contribution in [0, 0.1) is 5.92 Å². The third-order valence-corrected chi connectivity index (χ3v) is 4.36. The largest absolute Gasteiger partial charge is 0.313 e. The van der Waals surface area contributed by atoms with Crippen LogP contribution in [0.2, 0.25) is 0 Å². The van der Waals surface area contributed by atoms with E-state index in [1.54, 1.807) is 0 Å². The molecule has 1 N–H and O–H groups in total. The summed E-state index contributed by atoms with van der Waals surface area (Å²) in [5, 5.41) is 3.25. The van der Waals surface area contributed by atoms with Crippen LogP contribution in [-0.2, 0) is 9.84 Å². The molecule has 0 aliphatic rings. The van der Waals surface area contributed by atoms with Crippen molar-refractivity contribution in [3.05, 3.63) is 0 Å². The van der Waals surface area contributed by atoms with E-state index in [9.17, 15) is 8.42 Å². The predicted octanol–water partition coefficient (Wildman–Crippen LogP) is 2.23. The van der Waals surface area contributed by atoms with Gasteiger partial charge in [0.15, 0.2) is 9.84 Å². The molecule has 0 aromatic heterocycles. The molecular weight excluding hydrogens is 222 g/mol. The Morgan fingerprint density at radius 3 is 2.19 bits per heavy atom. The fourth-order valence-electron chi connectivity index (χ4n) is 1.69. The average molecular weight is 249 g/mol. The Morgan fingerprint density at radius 2 is 1.75 bits per heavy atom. The average Bonchev–Trinajstić information content (AvgIpc) is 2.15. The SMILES string of the molecule is CCCC(CS(=O)(=O)CCC(C)C)NCC. The summed E-state index contributed by atoms with van der Waals surface area (Å²) >= 11 is 0. The second-order valence-corrected chi connectivity index (χ2v) is 7.07. The van der Waals surface area contributed by atoms with Gasteiger partial charge in [0.2, 0.25) is 0 Å². The first-order valence-electron chi connectivity index (χ1n) is 6.35. The number of rotatable bonds is 9. The van der Waals surface area contributed by atoms with E-state index < -0.39 is 9.84 Å². The van der Waals surface area contributed by atoms with Crippen LogP contribution < -0.4 is 5.32 Å². The van der Waals surface area contributed by atoms with Crippen LogP contribution in [-0.4, -0.2) is 32.5 Å². The van der Waals surface area contributed by atoms with E-state index in [1.165, 1.54) is 0 Å². The first kappa shape index (κ1) is 15.9. The molecule has 0 aliphatic carbocycles. The molecule has 0 rings (SSSR count). The summed E-state index contributed by atoms with van der Waals surface area (Å²) in [6, 6.07) is 0.132. The monoisotopic (exact) mass is 249 g/mol. The van der Waals surface area contributed by atoms with Crippen molar-refractivity contribution < 1.29 is 8.42 Å². The van der Waals surface area contributed by atoms with Gasteiger partial charge in [-0.05, 0) is 25.3 Å². The first-order valence-corrected chi connectivity index (χ1v) is 8.17. The highest BCUT2D eigenvalue weighted by Crippen LogP contribution is 2.07.